The quantitative estimate of drug-likeness (QED) is 0.696. The van der Waals surface area contributed by atoms with Gasteiger partial charge in [-0.05, 0) is 44.7 Å². The molecule has 1 fully saturated rings. The van der Waals surface area contributed by atoms with Crippen molar-refractivity contribution in [2.75, 3.05) is 19.6 Å². The van der Waals surface area contributed by atoms with Gasteiger partial charge >= 0.3 is 0 Å². The number of nitrogens with zero attached hydrogens (tertiary/aromatic N) is 2. The highest BCUT2D eigenvalue weighted by Crippen LogP contribution is 2.40. The minimum Gasteiger partial charge on any atom is -0.361 e. The summed E-state index contributed by atoms with van der Waals surface area (Å²) in [5, 5.41) is 9.03. The van der Waals surface area contributed by atoms with E-state index in [1.165, 1.54) is 22.2 Å². The van der Waals surface area contributed by atoms with Crippen molar-refractivity contribution in [3.8, 4) is 0 Å². The van der Waals surface area contributed by atoms with E-state index in [4.69, 9.17) is 4.52 Å². The molecule has 2 aromatic heterocycles. The maximum absolute atomic E-state index is 13.0. The number of carbonyl (C=O) groups is 1. The lowest BCUT2D eigenvalue weighted by Gasteiger charge is -2.44. The van der Waals surface area contributed by atoms with Crippen molar-refractivity contribution >= 4 is 16.8 Å². The van der Waals surface area contributed by atoms with E-state index in [1.807, 2.05) is 11.8 Å². The molecular weight excluding hydrogens is 340 g/mol. The smallest absolute Gasteiger partial charge is 0.259 e. The van der Waals surface area contributed by atoms with E-state index in [0.29, 0.717) is 17.0 Å². The Kier molecular flexibility index (Phi) is 3.65. The van der Waals surface area contributed by atoms with E-state index in [9.17, 15) is 4.79 Å². The van der Waals surface area contributed by atoms with E-state index >= 15 is 0 Å². The minimum atomic E-state index is -0.0673. The van der Waals surface area contributed by atoms with Gasteiger partial charge in [-0.1, -0.05) is 23.4 Å². The molecule has 2 aliphatic rings. The fourth-order valence-corrected chi connectivity index (χ4v) is 4.85. The van der Waals surface area contributed by atoms with Crippen molar-refractivity contribution in [3.05, 3.63) is 52.5 Å². The number of H-pyrrole nitrogens is 1. The fraction of sp³-hybridized carbons (Fsp3) is 0.429. The molecule has 6 nitrogen and oxygen atoms in total. The number of carbonyl (C=O) groups excluding carboxylic acids is 1. The highest BCUT2D eigenvalue weighted by molar-refractivity contribution is 5.96. The molecule has 3 aromatic rings. The second-order valence-corrected chi connectivity index (χ2v) is 7.77. The second kappa shape index (κ2) is 5.96. The van der Waals surface area contributed by atoms with Crippen molar-refractivity contribution in [1.29, 1.82) is 0 Å². The van der Waals surface area contributed by atoms with Gasteiger partial charge in [-0.25, -0.2) is 0 Å². The molecule has 4 heterocycles. The van der Waals surface area contributed by atoms with Gasteiger partial charge in [-0.3, -0.25) is 4.79 Å². The number of aromatic nitrogens is 2. The van der Waals surface area contributed by atoms with Crippen molar-refractivity contribution in [2.45, 2.75) is 38.6 Å². The van der Waals surface area contributed by atoms with Crippen LogP contribution in [0, 0.1) is 13.8 Å². The Labute approximate surface area is 157 Å². The first-order chi connectivity index (χ1) is 13.1. The van der Waals surface area contributed by atoms with E-state index in [1.54, 1.807) is 6.92 Å². The predicted molar refractivity (Wildman–Crippen MR) is 103 cm³/mol. The van der Waals surface area contributed by atoms with Crippen LogP contribution in [0.5, 0.6) is 0 Å². The average molecular weight is 364 g/mol. The number of amides is 1. The molecule has 0 radical (unpaired) electrons. The maximum Gasteiger partial charge on any atom is 0.259 e. The zero-order valence-corrected chi connectivity index (χ0v) is 15.8. The summed E-state index contributed by atoms with van der Waals surface area (Å²) in [6.45, 7) is 6.06. The van der Waals surface area contributed by atoms with Crippen molar-refractivity contribution in [2.24, 2.45) is 0 Å². The normalized spacial score (nSPS) is 18.8. The molecule has 0 atom stereocenters. The van der Waals surface area contributed by atoms with Crippen LogP contribution in [-0.4, -0.2) is 40.6 Å². The molecule has 1 saturated heterocycles. The zero-order valence-electron chi connectivity index (χ0n) is 15.8. The minimum absolute atomic E-state index is 0.0359. The number of likely N-dealkylation sites (tertiary alicyclic amines) is 1. The van der Waals surface area contributed by atoms with Gasteiger partial charge in [0.15, 0.2) is 0 Å². The second-order valence-electron chi connectivity index (χ2n) is 7.77. The van der Waals surface area contributed by atoms with Gasteiger partial charge in [0, 0.05) is 36.2 Å². The monoisotopic (exact) mass is 364 g/mol. The van der Waals surface area contributed by atoms with E-state index in [-0.39, 0.29) is 11.4 Å². The Balaban J connectivity index is 1.43. The number of hydrogen-bond acceptors (Lipinski definition) is 4. The molecular formula is C21H24N4O2. The Morgan fingerprint density at radius 2 is 2.00 bits per heavy atom. The first kappa shape index (κ1) is 16.6. The number of aryl methyl sites for hydroxylation is 2. The molecule has 1 amide bonds. The van der Waals surface area contributed by atoms with E-state index in [0.717, 1.165) is 38.9 Å². The molecule has 2 N–H and O–H groups in total. The summed E-state index contributed by atoms with van der Waals surface area (Å²) in [7, 11) is 0. The molecule has 140 valence electrons. The fourth-order valence-electron chi connectivity index (χ4n) is 4.85. The van der Waals surface area contributed by atoms with Crippen molar-refractivity contribution in [3.63, 3.8) is 0 Å². The van der Waals surface area contributed by atoms with Crippen LogP contribution in [0.2, 0.25) is 0 Å². The molecule has 2 aliphatic heterocycles. The van der Waals surface area contributed by atoms with E-state index < -0.39 is 0 Å². The largest absolute Gasteiger partial charge is 0.361 e. The molecule has 5 rings (SSSR count). The molecule has 1 aromatic carbocycles. The van der Waals surface area contributed by atoms with E-state index in [2.05, 4.69) is 39.7 Å². The molecule has 27 heavy (non-hydrogen) atoms. The Bertz CT molecular complexity index is 1000. The average Bonchev–Trinajstić information content (AvgIpc) is 3.23. The van der Waals surface area contributed by atoms with Crippen LogP contribution in [-0.2, 0) is 12.0 Å². The molecule has 0 saturated carbocycles. The Hall–Kier alpha value is -2.60. The molecule has 0 aliphatic carbocycles. The van der Waals surface area contributed by atoms with Crippen molar-refractivity contribution in [1.82, 2.24) is 20.4 Å². The molecule has 6 heteroatoms. The van der Waals surface area contributed by atoms with Crippen LogP contribution < -0.4 is 5.32 Å². The van der Waals surface area contributed by atoms with Crippen LogP contribution in [0.3, 0.4) is 0 Å². The zero-order chi connectivity index (χ0) is 18.6. The van der Waals surface area contributed by atoms with Gasteiger partial charge in [-0.2, -0.15) is 0 Å². The van der Waals surface area contributed by atoms with Gasteiger partial charge in [0.2, 0.25) is 0 Å². The number of piperidine rings is 1. The number of fused-ring (bicyclic) bond motifs is 4. The SMILES string of the molecule is Cc1noc(C)c1C(=O)N1CCC2(CC1)NCCc1c2[nH]c2ccccc12. The summed E-state index contributed by atoms with van der Waals surface area (Å²) >= 11 is 0. The van der Waals surface area contributed by atoms with Gasteiger partial charge in [-0.15, -0.1) is 0 Å². The van der Waals surface area contributed by atoms with Crippen LogP contribution in [0.15, 0.2) is 28.8 Å². The van der Waals surface area contributed by atoms with Crippen LogP contribution >= 0.6 is 0 Å². The Morgan fingerprint density at radius 3 is 2.74 bits per heavy atom. The lowest BCUT2D eigenvalue weighted by atomic mass is 9.79. The topological polar surface area (TPSA) is 74.2 Å². The van der Waals surface area contributed by atoms with Gasteiger partial charge in [0.1, 0.15) is 11.3 Å². The summed E-state index contributed by atoms with van der Waals surface area (Å²) in [6, 6.07) is 8.54. The number of aromatic amines is 1. The van der Waals surface area contributed by atoms with Crippen LogP contribution in [0.25, 0.3) is 10.9 Å². The summed E-state index contributed by atoms with van der Waals surface area (Å²) in [4.78, 5) is 18.6. The summed E-state index contributed by atoms with van der Waals surface area (Å²) in [5.74, 6) is 0.639. The lowest BCUT2D eigenvalue weighted by molar-refractivity contribution is 0.0624. The summed E-state index contributed by atoms with van der Waals surface area (Å²) in [6.07, 6.45) is 2.85. The van der Waals surface area contributed by atoms with Crippen molar-refractivity contribution < 1.29 is 9.32 Å². The Morgan fingerprint density at radius 1 is 1.22 bits per heavy atom. The van der Waals surface area contributed by atoms with Crippen LogP contribution in [0.4, 0.5) is 0 Å². The number of nitrogens with one attached hydrogen (secondary N) is 2. The predicted octanol–water partition coefficient (Wildman–Crippen LogP) is 3.05. The standard InChI is InChI=1S/C21H24N4O2/c1-13-18(14(2)27-24-13)20(26)25-11-8-21(9-12-25)19-16(7-10-22-21)15-5-3-4-6-17(15)23-19/h3-6,22-23H,7-12H2,1-2H3. The van der Waals surface area contributed by atoms with Gasteiger partial charge in [0.05, 0.1) is 11.2 Å². The van der Waals surface area contributed by atoms with Gasteiger partial charge in [0.25, 0.3) is 5.91 Å². The molecule has 0 unspecified atom stereocenters. The molecule has 0 bridgehead atoms. The first-order valence-electron chi connectivity index (χ1n) is 9.66. The third-order valence-electron chi connectivity index (χ3n) is 6.28. The summed E-state index contributed by atoms with van der Waals surface area (Å²) in [5.41, 5.74) is 5.19. The highest BCUT2D eigenvalue weighted by Gasteiger charge is 2.42. The maximum atomic E-state index is 13.0. The highest BCUT2D eigenvalue weighted by atomic mass is 16.5. The number of benzene rings is 1. The van der Waals surface area contributed by atoms with Gasteiger partial charge < -0.3 is 19.7 Å². The first-order valence-corrected chi connectivity index (χ1v) is 9.66. The third-order valence-corrected chi connectivity index (χ3v) is 6.28. The number of rotatable bonds is 1. The van der Waals surface area contributed by atoms with Crippen LogP contribution in [0.1, 0.15) is 45.9 Å². The molecule has 1 spiro atoms. The number of hydrogen-bond donors (Lipinski definition) is 2. The third kappa shape index (κ3) is 2.43. The number of para-hydroxylation sites is 1. The summed E-state index contributed by atoms with van der Waals surface area (Å²) < 4.78 is 5.18. The lowest BCUT2D eigenvalue weighted by Crippen LogP contribution is -2.55.